The van der Waals surface area contributed by atoms with Crippen molar-refractivity contribution in [3.05, 3.63) is 34.9 Å². The number of rotatable bonds is 13. The van der Waals surface area contributed by atoms with E-state index in [1.54, 1.807) is 24.3 Å². The standard InChI is InChI=1S/C27H38ClN3O9S/c1-2-23(32)40-26(41(36,37)38)22(15-19-11-12-29-24(19)33)30-25(34)21(14-17-7-4-3-5-8-17)31-27(35)39-16-18-9-6-10-20(28)13-18/h6,9-10,13,17,19,21-22,26H,2-5,7-8,11-12,14-16H2,1H3,(H,29,33)(H,30,34)(H,31,35)(H,36,37,38). The molecule has 1 saturated heterocycles. The topological polar surface area (TPSA) is 177 Å². The minimum absolute atomic E-state index is 0.0959. The molecule has 0 spiro atoms. The highest BCUT2D eigenvalue weighted by molar-refractivity contribution is 7.86. The predicted octanol–water partition coefficient (Wildman–Crippen LogP) is 3.08. The van der Waals surface area contributed by atoms with E-state index in [1.165, 1.54) is 6.92 Å². The van der Waals surface area contributed by atoms with Gasteiger partial charge in [0.15, 0.2) is 0 Å². The van der Waals surface area contributed by atoms with E-state index in [0.29, 0.717) is 23.6 Å². The lowest BCUT2D eigenvalue weighted by atomic mass is 9.84. The van der Waals surface area contributed by atoms with Crippen LogP contribution in [0.4, 0.5) is 4.79 Å². The third kappa shape index (κ3) is 10.5. The second-order valence-electron chi connectivity index (χ2n) is 10.5. The second-order valence-corrected chi connectivity index (χ2v) is 12.4. The number of hydrogen-bond donors (Lipinski definition) is 4. The first-order valence-electron chi connectivity index (χ1n) is 13.9. The van der Waals surface area contributed by atoms with Gasteiger partial charge in [-0.15, -0.1) is 0 Å². The summed E-state index contributed by atoms with van der Waals surface area (Å²) in [5.41, 5.74) is -1.50. The van der Waals surface area contributed by atoms with Gasteiger partial charge >= 0.3 is 22.2 Å². The van der Waals surface area contributed by atoms with E-state index in [9.17, 15) is 32.1 Å². The summed E-state index contributed by atoms with van der Waals surface area (Å²) >= 11 is 5.99. The van der Waals surface area contributed by atoms with Crippen molar-refractivity contribution in [1.82, 2.24) is 16.0 Å². The van der Waals surface area contributed by atoms with Gasteiger partial charge in [0.2, 0.25) is 17.3 Å². The van der Waals surface area contributed by atoms with E-state index in [1.807, 2.05) is 0 Å². The smallest absolute Gasteiger partial charge is 0.408 e. The zero-order chi connectivity index (χ0) is 30.0. The van der Waals surface area contributed by atoms with Crippen LogP contribution >= 0.6 is 11.6 Å². The molecule has 0 radical (unpaired) electrons. The summed E-state index contributed by atoms with van der Waals surface area (Å²) in [5, 5.41) is 8.25. The summed E-state index contributed by atoms with van der Waals surface area (Å²) < 4.78 is 44.9. The van der Waals surface area contributed by atoms with Gasteiger partial charge in [-0.3, -0.25) is 18.9 Å². The molecule has 12 nitrogen and oxygen atoms in total. The van der Waals surface area contributed by atoms with E-state index in [0.717, 1.165) is 32.1 Å². The van der Waals surface area contributed by atoms with Crippen LogP contribution in [0, 0.1) is 11.8 Å². The highest BCUT2D eigenvalue weighted by Crippen LogP contribution is 2.28. The zero-order valence-corrected chi connectivity index (χ0v) is 24.5. The Labute approximate surface area is 245 Å². The highest BCUT2D eigenvalue weighted by atomic mass is 35.5. The number of benzene rings is 1. The normalized spacial score (nSPS) is 19.9. The molecule has 14 heteroatoms. The predicted molar refractivity (Wildman–Crippen MR) is 149 cm³/mol. The molecule has 41 heavy (non-hydrogen) atoms. The number of halogens is 1. The number of nitrogens with one attached hydrogen (secondary N) is 3. The fourth-order valence-electron chi connectivity index (χ4n) is 5.21. The maximum Gasteiger partial charge on any atom is 0.408 e. The molecule has 1 aromatic carbocycles. The van der Waals surface area contributed by atoms with Gasteiger partial charge in [0.25, 0.3) is 0 Å². The molecular formula is C27H38ClN3O9S. The van der Waals surface area contributed by atoms with E-state index in [-0.39, 0.29) is 37.7 Å². The number of carbonyl (C=O) groups excluding carboxylic acids is 4. The Morgan fingerprint density at radius 3 is 2.46 bits per heavy atom. The fraction of sp³-hybridized carbons (Fsp3) is 0.630. The lowest BCUT2D eigenvalue weighted by Crippen LogP contribution is -2.56. The van der Waals surface area contributed by atoms with Crippen LogP contribution in [-0.2, 0) is 40.6 Å². The minimum atomic E-state index is -5.01. The summed E-state index contributed by atoms with van der Waals surface area (Å²) in [6, 6.07) is 4.17. The number of carbonyl (C=O) groups is 4. The van der Waals surface area contributed by atoms with Gasteiger partial charge in [0, 0.05) is 23.9 Å². The Kier molecular flexibility index (Phi) is 12.2. The molecule has 4 N–H and O–H groups in total. The van der Waals surface area contributed by atoms with Crippen molar-refractivity contribution in [2.24, 2.45) is 11.8 Å². The minimum Gasteiger partial charge on any atom is -0.445 e. The largest absolute Gasteiger partial charge is 0.445 e. The van der Waals surface area contributed by atoms with Crippen molar-refractivity contribution < 1.29 is 41.6 Å². The summed E-state index contributed by atoms with van der Waals surface area (Å²) in [7, 11) is -5.01. The Hall–Kier alpha value is -2.90. The molecule has 3 amide bonds. The summed E-state index contributed by atoms with van der Waals surface area (Å²) in [6.07, 6.45) is 4.13. The van der Waals surface area contributed by atoms with Crippen molar-refractivity contribution >= 4 is 45.6 Å². The summed E-state index contributed by atoms with van der Waals surface area (Å²) in [4.78, 5) is 50.7. The molecule has 1 saturated carbocycles. The fourth-order valence-corrected chi connectivity index (χ4v) is 6.24. The number of ether oxygens (including phenoxy) is 2. The lowest BCUT2D eigenvalue weighted by Gasteiger charge is -2.30. The Morgan fingerprint density at radius 1 is 1.12 bits per heavy atom. The first-order valence-corrected chi connectivity index (χ1v) is 15.8. The number of amides is 3. The third-order valence-corrected chi connectivity index (χ3v) is 8.60. The van der Waals surface area contributed by atoms with E-state index >= 15 is 0 Å². The van der Waals surface area contributed by atoms with Crippen LogP contribution in [0.15, 0.2) is 24.3 Å². The molecule has 4 atom stereocenters. The molecule has 0 aromatic heterocycles. The number of hydrogen-bond acceptors (Lipinski definition) is 8. The van der Waals surface area contributed by atoms with E-state index in [2.05, 4.69) is 16.0 Å². The molecule has 1 heterocycles. The van der Waals surface area contributed by atoms with E-state index < -0.39 is 51.5 Å². The molecule has 228 valence electrons. The van der Waals surface area contributed by atoms with Crippen LogP contribution in [0.1, 0.15) is 70.3 Å². The molecule has 3 rings (SSSR count). The van der Waals surface area contributed by atoms with Gasteiger partial charge in [0.05, 0.1) is 6.04 Å². The van der Waals surface area contributed by atoms with Crippen molar-refractivity contribution in [1.29, 1.82) is 0 Å². The molecule has 4 unspecified atom stereocenters. The molecule has 1 aromatic rings. The molecule has 2 fully saturated rings. The maximum absolute atomic E-state index is 13.6. The zero-order valence-electron chi connectivity index (χ0n) is 23.0. The average molecular weight is 616 g/mol. The van der Waals surface area contributed by atoms with Gasteiger partial charge in [-0.05, 0) is 42.9 Å². The molecule has 1 aliphatic heterocycles. The van der Waals surface area contributed by atoms with Gasteiger partial charge in [-0.1, -0.05) is 62.8 Å². The van der Waals surface area contributed by atoms with Crippen molar-refractivity contribution in [3.63, 3.8) is 0 Å². The first-order chi connectivity index (χ1) is 19.5. The van der Waals surface area contributed by atoms with Gasteiger partial charge in [0.1, 0.15) is 12.6 Å². The van der Waals surface area contributed by atoms with Crippen molar-refractivity contribution in [2.75, 3.05) is 6.54 Å². The van der Waals surface area contributed by atoms with Gasteiger partial charge in [-0.25, -0.2) is 4.79 Å². The van der Waals surface area contributed by atoms with Crippen LogP contribution in [0.25, 0.3) is 0 Å². The SMILES string of the molecule is CCC(=O)OC(C(CC1CCNC1=O)NC(=O)C(CC1CCCCC1)NC(=O)OCc1cccc(Cl)c1)S(=O)(=O)O. The molecule has 0 bridgehead atoms. The van der Waals surface area contributed by atoms with Crippen LogP contribution < -0.4 is 16.0 Å². The van der Waals surface area contributed by atoms with E-state index in [4.69, 9.17) is 21.1 Å². The number of alkyl carbamates (subject to hydrolysis) is 1. The Balaban J connectivity index is 1.80. The van der Waals surface area contributed by atoms with Crippen LogP contribution in [0.2, 0.25) is 5.02 Å². The lowest BCUT2D eigenvalue weighted by molar-refractivity contribution is -0.147. The molecular weight excluding hydrogens is 578 g/mol. The number of esters is 1. The second kappa shape index (κ2) is 15.4. The maximum atomic E-state index is 13.6. The first kappa shape index (κ1) is 32.6. The van der Waals surface area contributed by atoms with Gasteiger partial charge < -0.3 is 25.4 Å². The van der Waals surface area contributed by atoms with Crippen LogP contribution in [0.5, 0.6) is 0 Å². The summed E-state index contributed by atoms with van der Waals surface area (Å²) in [5.74, 6) is -2.56. The Morgan fingerprint density at radius 2 is 1.85 bits per heavy atom. The monoisotopic (exact) mass is 615 g/mol. The van der Waals surface area contributed by atoms with Crippen molar-refractivity contribution in [3.8, 4) is 0 Å². The van der Waals surface area contributed by atoms with Crippen LogP contribution in [0.3, 0.4) is 0 Å². The molecule has 1 aliphatic carbocycles. The van der Waals surface area contributed by atoms with Crippen molar-refractivity contribution in [2.45, 2.75) is 88.8 Å². The third-order valence-electron chi connectivity index (χ3n) is 7.35. The molecule has 2 aliphatic rings. The quantitative estimate of drug-likeness (QED) is 0.192. The Bertz CT molecular complexity index is 1190. The highest BCUT2D eigenvalue weighted by Gasteiger charge is 2.41. The van der Waals surface area contributed by atoms with Gasteiger partial charge in [-0.2, -0.15) is 8.42 Å². The van der Waals surface area contributed by atoms with Crippen LogP contribution in [-0.4, -0.2) is 60.9 Å². The average Bonchev–Trinajstić information content (AvgIpc) is 3.33. The summed E-state index contributed by atoms with van der Waals surface area (Å²) in [6.45, 7) is 1.71.